The van der Waals surface area contributed by atoms with Crippen molar-refractivity contribution in [3.8, 4) is 23.3 Å². The van der Waals surface area contributed by atoms with E-state index in [1.165, 1.54) is 61.5 Å². The number of hydrogen-bond acceptors (Lipinski definition) is 20. The second kappa shape index (κ2) is 19.8. The first-order chi connectivity index (χ1) is 33.4. The van der Waals surface area contributed by atoms with E-state index < -0.39 is 40.1 Å². The van der Waals surface area contributed by atoms with Gasteiger partial charge in [-0.15, -0.1) is 24.8 Å². The van der Waals surface area contributed by atoms with Gasteiger partial charge in [-0.05, 0) is 101 Å². The molecule has 0 spiro atoms. The van der Waals surface area contributed by atoms with Crippen LogP contribution in [0.15, 0.2) is 161 Å². The van der Waals surface area contributed by atoms with Gasteiger partial charge in [0.05, 0.1) is 33.1 Å². The lowest BCUT2D eigenvalue weighted by molar-refractivity contribution is -0.432. The minimum Gasteiger partial charge on any atom is -0.339 e. The lowest BCUT2D eigenvalue weighted by Gasteiger charge is -2.16. The Kier molecular flexibility index (Phi) is 13.8. The number of aromatic nitrogens is 1. The summed E-state index contributed by atoms with van der Waals surface area (Å²) in [6, 6.07) is 33.9. The van der Waals surface area contributed by atoms with Crippen LogP contribution in [0, 0.1) is 29.6 Å². The fraction of sp³-hybridized carbons (Fsp3) is 0.0227. The van der Waals surface area contributed by atoms with Crippen molar-refractivity contribution in [2.45, 2.75) is 26.5 Å². The lowest BCUT2D eigenvalue weighted by atomic mass is 10.00. The molecule has 0 aliphatic carbocycles. The summed E-state index contributed by atoms with van der Waals surface area (Å²) >= 11 is 1.41. The number of pyridine rings is 1. The third-order valence-electron chi connectivity index (χ3n) is 10.2. The van der Waals surface area contributed by atoms with E-state index in [9.17, 15) is 49.4 Å². The molecule has 0 saturated heterocycles. The first kappa shape index (κ1) is 48.9. The van der Waals surface area contributed by atoms with E-state index in [0.717, 1.165) is 46.4 Å². The minimum atomic E-state index is -4.75. The van der Waals surface area contributed by atoms with Crippen molar-refractivity contribution in [2.75, 3.05) is 10.6 Å². The summed E-state index contributed by atoms with van der Waals surface area (Å²) < 4.78 is 105. The Labute approximate surface area is 405 Å². The van der Waals surface area contributed by atoms with Gasteiger partial charge in [0.15, 0.2) is 16.6 Å². The van der Waals surface area contributed by atoms with Crippen molar-refractivity contribution in [3.05, 3.63) is 138 Å². The maximum absolute atomic E-state index is 12.4. The van der Waals surface area contributed by atoms with Gasteiger partial charge in [-0.1, -0.05) is 64.9 Å². The quantitative estimate of drug-likeness (QED) is 0.0183. The topological polar surface area (TPSA) is 336 Å². The summed E-state index contributed by atoms with van der Waals surface area (Å²) in [6.45, 7) is 1.54. The fourth-order valence-electron chi connectivity index (χ4n) is 7.00. The first-order valence-electron chi connectivity index (χ1n) is 19.6. The molecule has 0 atom stereocenters. The van der Waals surface area contributed by atoms with Crippen LogP contribution in [0.25, 0.3) is 32.7 Å². The van der Waals surface area contributed by atoms with Crippen molar-refractivity contribution < 1.29 is 53.5 Å². The number of rotatable bonds is 15. The molecule has 8 rings (SSSR count). The zero-order valence-electron chi connectivity index (χ0n) is 35.3. The molecule has 0 fully saturated rings. The number of anilines is 4. The number of benzene rings is 6. The molecule has 0 radical (unpaired) electrons. The molecule has 352 valence electrons. The van der Waals surface area contributed by atoms with Gasteiger partial charge < -0.3 is 10.6 Å². The summed E-state index contributed by atoms with van der Waals surface area (Å²) in [5, 5.41) is 59.9. The maximum Gasteiger partial charge on any atom is 0.295 e. The standard InChI is InChI=1S/C44H29N9O12S5/c1-24-35(22-45)41(47-28-11-15-31(16-12-28)68(55,56)57)49-42(48-29-13-17-32(18-14-29)69(58,59)60)40(24)51-52-43-36(23-46)39(27-10-9-25-5-2-3-6-26(25)19-27)44(66-43)53-50-30-20-34-33(37(21-30)67-65-64-54)7-4-8-38(34)70(61,62)63/h2-21,54H,1H3,(H2,47,48,49)(H,55,56,57)(H,58,59,60)(H,61,62,63). The van der Waals surface area contributed by atoms with E-state index in [1.54, 1.807) is 6.07 Å². The molecule has 70 heavy (non-hydrogen) atoms. The number of nitrogens with one attached hydrogen (secondary N) is 2. The molecule has 21 nitrogen and oxygen atoms in total. The van der Waals surface area contributed by atoms with Crippen molar-refractivity contribution in [1.29, 1.82) is 10.5 Å². The second-order valence-electron chi connectivity index (χ2n) is 14.6. The summed E-state index contributed by atoms with van der Waals surface area (Å²) in [7, 11) is -13.8. The van der Waals surface area contributed by atoms with Gasteiger partial charge in [-0.2, -0.15) is 35.8 Å². The number of thiophene rings is 1. The molecule has 0 aliphatic rings. The SMILES string of the molecule is Cc1c(C#N)c(Nc2ccc(S(=O)(=O)O)cc2)nc(Nc2ccc(S(=O)(=O)O)cc2)c1N=Nc1sc(N=Nc2cc(SOOO)c3cccc(S(=O)(=O)O)c3c2)c(-c2ccc3ccccc3c2)c1C#N. The van der Waals surface area contributed by atoms with Crippen LogP contribution in [0.5, 0.6) is 0 Å². The van der Waals surface area contributed by atoms with E-state index in [2.05, 4.69) is 57.6 Å². The first-order valence-corrected chi connectivity index (χ1v) is 25.5. The molecule has 26 heteroatoms. The third kappa shape index (κ3) is 10.5. The molecule has 8 aromatic rings. The van der Waals surface area contributed by atoms with E-state index in [-0.39, 0.29) is 87.2 Å². The summed E-state index contributed by atoms with van der Waals surface area (Å²) in [5.74, 6) is -0.0911. The van der Waals surface area contributed by atoms with Crippen LogP contribution in [0.4, 0.5) is 44.4 Å². The monoisotopic (exact) mass is 1040 g/mol. The van der Waals surface area contributed by atoms with Gasteiger partial charge in [0, 0.05) is 32.8 Å². The van der Waals surface area contributed by atoms with Gasteiger partial charge in [0.2, 0.25) is 0 Å². The number of azo groups is 2. The predicted molar refractivity (Wildman–Crippen MR) is 258 cm³/mol. The smallest absolute Gasteiger partial charge is 0.295 e. The van der Waals surface area contributed by atoms with Crippen LogP contribution in [-0.2, 0) is 39.7 Å². The number of nitriles is 2. The number of fused-ring (bicyclic) bond motifs is 2. The predicted octanol–water partition coefficient (Wildman–Crippen LogP) is 11.7. The van der Waals surface area contributed by atoms with Crippen LogP contribution in [0.3, 0.4) is 0 Å². The maximum atomic E-state index is 12.4. The van der Waals surface area contributed by atoms with Crippen LogP contribution >= 0.6 is 23.4 Å². The average molecular weight is 1040 g/mol. The largest absolute Gasteiger partial charge is 0.339 e. The van der Waals surface area contributed by atoms with Crippen LogP contribution < -0.4 is 10.6 Å². The van der Waals surface area contributed by atoms with Gasteiger partial charge in [-0.3, -0.25) is 13.7 Å². The highest BCUT2D eigenvalue weighted by Gasteiger charge is 2.24. The van der Waals surface area contributed by atoms with Gasteiger partial charge in [-0.25, -0.2) is 10.2 Å². The van der Waals surface area contributed by atoms with Crippen LogP contribution in [0.2, 0.25) is 0 Å². The minimum absolute atomic E-state index is 0.00273. The molecule has 0 amide bonds. The van der Waals surface area contributed by atoms with Gasteiger partial charge in [0.1, 0.15) is 33.3 Å². The highest BCUT2D eigenvalue weighted by Crippen LogP contribution is 2.49. The molecular formula is C44H29N9O12S5. The van der Waals surface area contributed by atoms with E-state index in [4.69, 9.17) is 5.26 Å². The zero-order valence-corrected chi connectivity index (χ0v) is 39.4. The molecule has 6 aromatic carbocycles. The van der Waals surface area contributed by atoms with Gasteiger partial charge in [0.25, 0.3) is 30.4 Å². The molecule has 0 unspecified atom stereocenters. The lowest BCUT2D eigenvalue weighted by Crippen LogP contribution is -2.05. The zero-order chi connectivity index (χ0) is 50.0. The molecule has 0 aliphatic heterocycles. The highest BCUT2D eigenvalue weighted by molar-refractivity contribution is 7.94. The van der Waals surface area contributed by atoms with E-state index in [0.29, 0.717) is 17.6 Å². The van der Waals surface area contributed by atoms with Gasteiger partial charge >= 0.3 is 0 Å². The summed E-state index contributed by atoms with van der Waals surface area (Å²) in [4.78, 5) is 3.57. The molecule has 6 N–H and O–H groups in total. The Morgan fingerprint density at radius 1 is 0.643 bits per heavy atom. The molecule has 0 bridgehead atoms. The van der Waals surface area contributed by atoms with Crippen molar-refractivity contribution in [3.63, 3.8) is 0 Å². The highest BCUT2D eigenvalue weighted by atomic mass is 32.2. The van der Waals surface area contributed by atoms with Crippen LogP contribution in [-0.4, -0.2) is 49.2 Å². The molecular weight excluding hydrogens is 1010 g/mol. The Balaban J connectivity index is 1.28. The fourth-order valence-corrected chi connectivity index (χ4v) is 10.1. The Morgan fingerprint density at radius 2 is 1.26 bits per heavy atom. The third-order valence-corrected chi connectivity index (χ3v) is 14.5. The Bertz CT molecular complexity index is 3900. The van der Waals surface area contributed by atoms with Crippen molar-refractivity contribution in [1.82, 2.24) is 4.98 Å². The van der Waals surface area contributed by atoms with Crippen molar-refractivity contribution >= 4 is 120 Å². The molecule has 2 aromatic heterocycles. The summed E-state index contributed by atoms with van der Waals surface area (Å²) in [6.07, 6.45) is 0. The van der Waals surface area contributed by atoms with Crippen molar-refractivity contribution in [2.24, 2.45) is 20.5 Å². The normalized spacial score (nSPS) is 12.2. The number of nitrogens with zero attached hydrogens (tertiary/aromatic N) is 7. The average Bonchev–Trinajstić information content (AvgIpc) is 3.68. The van der Waals surface area contributed by atoms with Crippen LogP contribution in [0.1, 0.15) is 16.7 Å². The summed E-state index contributed by atoms with van der Waals surface area (Å²) in [5.41, 5.74) is 1.49. The number of hydrogen-bond donors (Lipinski definition) is 6. The Hall–Kier alpha value is -7.57. The molecule has 0 saturated carbocycles. The van der Waals surface area contributed by atoms with E-state index in [1.807, 2.05) is 36.4 Å². The van der Waals surface area contributed by atoms with E-state index >= 15 is 0 Å². The molecule has 2 heterocycles. The second-order valence-corrected chi connectivity index (χ2v) is 20.5. The Morgan fingerprint density at radius 3 is 1.86 bits per heavy atom.